The van der Waals surface area contributed by atoms with Crippen LogP contribution in [0.4, 0.5) is 5.82 Å². The molecule has 1 atom stereocenters. The van der Waals surface area contributed by atoms with Crippen LogP contribution in [0.2, 0.25) is 0 Å². The van der Waals surface area contributed by atoms with Crippen molar-refractivity contribution in [3.63, 3.8) is 0 Å². The van der Waals surface area contributed by atoms with Gasteiger partial charge >= 0.3 is 0 Å². The van der Waals surface area contributed by atoms with E-state index in [0.717, 1.165) is 69.2 Å². The molecule has 0 aliphatic carbocycles. The molecule has 3 amide bonds. The molecule has 0 aromatic carbocycles. The minimum absolute atomic E-state index is 0.197. The number of anilines is 1. The average Bonchev–Trinajstić information content (AvgIpc) is 2.75. The second kappa shape index (κ2) is 9.14. The number of likely N-dealkylation sites (tertiary alicyclic amines) is 1. The number of pyridine rings is 1. The lowest BCUT2D eigenvalue weighted by molar-refractivity contribution is -0.135. The molecule has 3 saturated heterocycles. The third-order valence-electron chi connectivity index (χ3n) is 6.95. The highest BCUT2D eigenvalue weighted by Crippen LogP contribution is 2.28. The van der Waals surface area contributed by atoms with Crippen molar-refractivity contribution in [2.24, 2.45) is 11.8 Å². The van der Waals surface area contributed by atoms with Crippen LogP contribution < -0.4 is 10.2 Å². The number of carbonyl (C=O) groups is 3. The summed E-state index contributed by atoms with van der Waals surface area (Å²) in [5.74, 6) is 1.72. The van der Waals surface area contributed by atoms with Gasteiger partial charge in [0.2, 0.25) is 17.7 Å². The summed E-state index contributed by atoms with van der Waals surface area (Å²) < 4.78 is 0. The van der Waals surface area contributed by atoms with Crippen molar-refractivity contribution in [3.05, 3.63) is 23.9 Å². The van der Waals surface area contributed by atoms with Crippen LogP contribution in [0.5, 0.6) is 0 Å². The highest BCUT2D eigenvalue weighted by molar-refractivity contribution is 6.00. The molecule has 0 bridgehead atoms. The number of rotatable bonds is 4. The van der Waals surface area contributed by atoms with Crippen LogP contribution in [-0.2, 0) is 14.4 Å². The number of nitrogens with one attached hydrogen (secondary N) is 1. The van der Waals surface area contributed by atoms with Crippen molar-refractivity contribution in [1.82, 2.24) is 15.2 Å². The number of nitrogens with zero attached hydrogens (tertiary/aromatic N) is 3. The van der Waals surface area contributed by atoms with Crippen LogP contribution >= 0.6 is 0 Å². The maximum Gasteiger partial charge on any atom is 0.234 e. The van der Waals surface area contributed by atoms with Crippen LogP contribution in [0.25, 0.3) is 0 Å². The Labute approximate surface area is 178 Å². The normalized spacial score (nSPS) is 24.1. The van der Waals surface area contributed by atoms with Crippen molar-refractivity contribution in [3.8, 4) is 0 Å². The first-order chi connectivity index (χ1) is 14.5. The fourth-order valence-electron chi connectivity index (χ4n) is 4.80. The molecule has 3 fully saturated rings. The topological polar surface area (TPSA) is 82.6 Å². The van der Waals surface area contributed by atoms with Gasteiger partial charge in [0, 0.05) is 45.2 Å². The molecule has 4 heterocycles. The molecule has 3 aliphatic rings. The van der Waals surface area contributed by atoms with E-state index in [0.29, 0.717) is 31.1 Å². The number of hydrogen-bond acceptors (Lipinski definition) is 5. The Morgan fingerprint density at radius 2 is 1.80 bits per heavy atom. The van der Waals surface area contributed by atoms with Crippen LogP contribution in [0, 0.1) is 11.8 Å². The van der Waals surface area contributed by atoms with Crippen molar-refractivity contribution in [1.29, 1.82) is 0 Å². The summed E-state index contributed by atoms with van der Waals surface area (Å²) in [6.07, 6.45) is 7.63. The molecule has 0 spiro atoms. The third-order valence-corrected chi connectivity index (χ3v) is 6.95. The minimum atomic E-state index is -0.293. The quantitative estimate of drug-likeness (QED) is 0.768. The molecule has 1 aromatic rings. The fourth-order valence-corrected chi connectivity index (χ4v) is 4.80. The maximum absolute atomic E-state index is 12.6. The minimum Gasteiger partial charge on any atom is -0.357 e. The summed E-state index contributed by atoms with van der Waals surface area (Å²) in [5.41, 5.74) is 0.861. The summed E-state index contributed by atoms with van der Waals surface area (Å²) in [7, 11) is 0. The Kier molecular flexibility index (Phi) is 6.35. The van der Waals surface area contributed by atoms with Gasteiger partial charge < -0.3 is 9.80 Å². The molecule has 3 aliphatic heterocycles. The van der Waals surface area contributed by atoms with E-state index in [4.69, 9.17) is 0 Å². The van der Waals surface area contributed by atoms with Crippen molar-refractivity contribution in [2.75, 3.05) is 31.1 Å². The van der Waals surface area contributed by atoms with E-state index in [-0.39, 0.29) is 17.7 Å². The number of hydrogen-bond donors (Lipinski definition) is 1. The molecule has 162 valence electrons. The van der Waals surface area contributed by atoms with E-state index >= 15 is 0 Å². The Balaban J connectivity index is 1.26. The van der Waals surface area contributed by atoms with Crippen LogP contribution in [0.3, 0.4) is 0 Å². The zero-order valence-corrected chi connectivity index (χ0v) is 17.8. The first-order valence-corrected chi connectivity index (χ1v) is 11.3. The molecule has 0 saturated carbocycles. The first-order valence-electron chi connectivity index (χ1n) is 11.3. The van der Waals surface area contributed by atoms with Crippen molar-refractivity contribution in [2.45, 2.75) is 57.8 Å². The van der Waals surface area contributed by atoms with E-state index in [1.807, 2.05) is 12.1 Å². The summed E-state index contributed by atoms with van der Waals surface area (Å²) in [6.45, 7) is 5.91. The molecular weight excluding hydrogens is 380 g/mol. The smallest absolute Gasteiger partial charge is 0.234 e. The van der Waals surface area contributed by atoms with Gasteiger partial charge in [0.15, 0.2) is 0 Å². The molecule has 7 nitrogen and oxygen atoms in total. The molecule has 4 rings (SSSR count). The van der Waals surface area contributed by atoms with Gasteiger partial charge in [0.25, 0.3) is 0 Å². The third kappa shape index (κ3) is 4.82. The second-order valence-electron chi connectivity index (χ2n) is 9.15. The number of aromatic nitrogens is 1. The molecule has 30 heavy (non-hydrogen) atoms. The average molecular weight is 413 g/mol. The maximum atomic E-state index is 12.6. The lowest BCUT2D eigenvalue weighted by atomic mass is 9.91. The number of carbonyl (C=O) groups excluding carboxylic acids is 3. The van der Waals surface area contributed by atoms with Gasteiger partial charge in [0.1, 0.15) is 5.82 Å². The Bertz CT molecular complexity index is 778. The van der Waals surface area contributed by atoms with Gasteiger partial charge in [-0.15, -0.1) is 0 Å². The highest BCUT2D eigenvalue weighted by atomic mass is 16.2. The van der Waals surface area contributed by atoms with Gasteiger partial charge in [-0.3, -0.25) is 19.7 Å². The van der Waals surface area contributed by atoms with Gasteiger partial charge in [0.05, 0.1) is 5.92 Å². The first kappa shape index (κ1) is 20.8. The largest absolute Gasteiger partial charge is 0.357 e. The van der Waals surface area contributed by atoms with Crippen molar-refractivity contribution < 1.29 is 14.4 Å². The van der Waals surface area contributed by atoms with Crippen LogP contribution in [0.15, 0.2) is 18.3 Å². The van der Waals surface area contributed by atoms with Crippen molar-refractivity contribution >= 4 is 23.5 Å². The standard InChI is InChI=1S/C23H32N4O3/c1-16-6-10-27(11-7-16)22(29)14-17-8-12-26(13-9-17)20-4-2-18(15-24-20)19-3-5-21(28)25-23(19)30/h2,4,15-17,19H,3,5-14H2,1H3,(H,25,28,30). The lowest BCUT2D eigenvalue weighted by Gasteiger charge is -2.35. The number of amides is 3. The Morgan fingerprint density at radius 3 is 2.43 bits per heavy atom. The van der Waals surface area contributed by atoms with Crippen LogP contribution in [-0.4, -0.2) is 53.8 Å². The Morgan fingerprint density at radius 1 is 1.07 bits per heavy atom. The zero-order chi connectivity index (χ0) is 21.1. The highest BCUT2D eigenvalue weighted by Gasteiger charge is 2.29. The van der Waals surface area contributed by atoms with E-state index < -0.39 is 0 Å². The van der Waals surface area contributed by atoms with Gasteiger partial charge in [-0.25, -0.2) is 4.98 Å². The Hall–Kier alpha value is -2.44. The fraction of sp³-hybridized carbons (Fsp3) is 0.652. The number of imide groups is 1. The van der Waals surface area contributed by atoms with E-state index in [1.54, 1.807) is 6.20 Å². The van der Waals surface area contributed by atoms with Gasteiger partial charge in [-0.2, -0.15) is 0 Å². The van der Waals surface area contributed by atoms with E-state index in [2.05, 4.69) is 27.0 Å². The SMILES string of the molecule is CC1CCN(C(=O)CC2CCN(c3ccc(C4CCC(=O)NC4=O)cn3)CC2)CC1. The van der Waals surface area contributed by atoms with E-state index in [9.17, 15) is 14.4 Å². The molecule has 0 radical (unpaired) electrons. The predicted molar refractivity (Wildman–Crippen MR) is 114 cm³/mol. The monoisotopic (exact) mass is 412 g/mol. The molecule has 1 N–H and O–H groups in total. The second-order valence-corrected chi connectivity index (χ2v) is 9.15. The van der Waals surface area contributed by atoms with Gasteiger partial charge in [-0.1, -0.05) is 13.0 Å². The molecule has 1 aromatic heterocycles. The molecule has 7 heteroatoms. The lowest BCUT2D eigenvalue weighted by Crippen LogP contribution is -2.40. The molecular formula is C23H32N4O3. The summed E-state index contributed by atoms with van der Waals surface area (Å²) in [6, 6.07) is 3.93. The summed E-state index contributed by atoms with van der Waals surface area (Å²) >= 11 is 0. The van der Waals surface area contributed by atoms with E-state index in [1.165, 1.54) is 0 Å². The zero-order valence-electron chi connectivity index (χ0n) is 17.8. The van der Waals surface area contributed by atoms with Gasteiger partial charge in [-0.05, 0) is 55.6 Å². The van der Waals surface area contributed by atoms with Crippen LogP contribution in [0.1, 0.15) is 63.4 Å². The predicted octanol–water partition coefficient (Wildman–Crippen LogP) is 2.47. The summed E-state index contributed by atoms with van der Waals surface area (Å²) in [4.78, 5) is 44.9. The molecule has 1 unspecified atom stereocenters. The number of piperidine rings is 3. The summed E-state index contributed by atoms with van der Waals surface area (Å²) in [5, 5.41) is 2.40.